The maximum atomic E-state index is 10.4. The molecule has 0 bridgehead atoms. The highest BCUT2D eigenvalue weighted by Crippen LogP contribution is 2.14. The first-order valence-corrected chi connectivity index (χ1v) is 9.56. The summed E-state index contributed by atoms with van der Waals surface area (Å²) >= 11 is 0. The van der Waals surface area contributed by atoms with Gasteiger partial charge in [-0.1, -0.05) is 84.0 Å². The number of carbonyl (C=O) groups is 1. The van der Waals surface area contributed by atoms with Crippen LogP contribution < -0.4 is 0 Å². The predicted octanol–water partition coefficient (Wildman–Crippen LogP) is 5.69. The largest absolute Gasteiger partial charge is 0.481 e. The molecule has 0 radical (unpaired) electrons. The zero-order valence-electron chi connectivity index (χ0n) is 14.7. The topological polar surface area (TPSA) is 57.5 Å². The summed E-state index contributed by atoms with van der Waals surface area (Å²) < 4.78 is 0. The normalized spacial score (nSPS) is 12.5. The van der Waals surface area contributed by atoms with Crippen molar-refractivity contribution in [1.82, 2.24) is 0 Å². The highest BCUT2D eigenvalue weighted by molar-refractivity contribution is 5.66. The van der Waals surface area contributed by atoms with Crippen molar-refractivity contribution in [3.05, 3.63) is 0 Å². The van der Waals surface area contributed by atoms with Crippen LogP contribution in [-0.2, 0) is 4.79 Å². The van der Waals surface area contributed by atoms with E-state index in [1.54, 1.807) is 0 Å². The van der Waals surface area contributed by atoms with Gasteiger partial charge in [0.25, 0.3) is 0 Å². The molecule has 0 aliphatic rings. The number of unbranched alkanes of at least 4 members (excludes halogenated alkanes) is 11. The summed E-state index contributed by atoms with van der Waals surface area (Å²) in [5.41, 5.74) is 0. The lowest BCUT2D eigenvalue weighted by molar-refractivity contribution is -0.137. The number of carboxylic acid groups (broad SMARTS) is 1. The Balaban J connectivity index is 3.15. The first-order valence-electron chi connectivity index (χ1n) is 9.56. The number of carboxylic acids is 1. The zero-order valence-corrected chi connectivity index (χ0v) is 14.7. The Morgan fingerprint density at radius 3 is 1.59 bits per heavy atom. The Morgan fingerprint density at radius 1 is 0.727 bits per heavy atom. The van der Waals surface area contributed by atoms with Crippen LogP contribution in [0.25, 0.3) is 0 Å². The molecule has 22 heavy (non-hydrogen) atoms. The van der Waals surface area contributed by atoms with E-state index in [1.165, 1.54) is 57.8 Å². The van der Waals surface area contributed by atoms with Crippen molar-refractivity contribution in [2.24, 2.45) is 0 Å². The van der Waals surface area contributed by atoms with Crippen LogP contribution >= 0.6 is 0 Å². The van der Waals surface area contributed by atoms with Crippen LogP contribution in [0.3, 0.4) is 0 Å². The van der Waals surface area contributed by atoms with Gasteiger partial charge in [-0.15, -0.1) is 0 Å². The van der Waals surface area contributed by atoms with E-state index in [-0.39, 0.29) is 6.10 Å². The van der Waals surface area contributed by atoms with Gasteiger partial charge >= 0.3 is 5.97 Å². The monoisotopic (exact) mass is 314 g/mol. The number of hydrogen-bond donors (Lipinski definition) is 2. The number of hydrogen-bond acceptors (Lipinski definition) is 2. The maximum absolute atomic E-state index is 10.4. The van der Waals surface area contributed by atoms with E-state index in [0.29, 0.717) is 6.42 Å². The van der Waals surface area contributed by atoms with E-state index in [9.17, 15) is 9.90 Å². The summed E-state index contributed by atoms with van der Waals surface area (Å²) in [6, 6.07) is 0. The van der Waals surface area contributed by atoms with Gasteiger partial charge in [0.15, 0.2) is 0 Å². The fraction of sp³-hybridized carbons (Fsp3) is 0.947. The molecular weight excluding hydrogens is 276 g/mol. The van der Waals surface area contributed by atoms with E-state index >= 15 is 0 Å². The lowest BCUT2D eigenvalue weighted by Crippen LogP contribution is -2.05. The Morgan fingerprint density at radius 2 is 1.14 bits per heavy atom. The molecule has 1 unspecified atom stereocenters. The summed E-state index contributed by atoms with van der Waals surface area (Å²) in [4.78, 5) is 10.4. The van der Waals surface area contributed by atoms with Crippen molar-refractivity contribution >= 4 is 5.97 Å². The number of aliphatic carboxylic acids is 1. The smallest absolute Gasteiger partial charge is 0.303 e. The second-order valence-electron chi connectivity index (χ2n) is 6.62. The maximum Gasteiger partial charge on any atom is 0.303 e. The molecule has 1 atom stereocenters. The Hall–Kier alpha value is -0.570. The van der Waals surface area contributed by atoms with Crippen molar-refractivity contribution in [2.45, 2.75) is 116 Å². The van der Waals surface area contributed by atoms with Crippen LogP contribution in [0.15, 0.2) is 0 Å². The number of rotatable bonds is 17. The second kappa shape index (κ2) is 16.8. The van der Waals surface area contributed by atoms with Gasteiger partial charge in [0, 0.05) is 6.42 Å². The fourth-order valence-electron chi connectivity index (χ4n) is 2.84. The molecule has 0 amide bonds. The molecular formula is C19H38O3. The highest BCUT2D eigenvalue weighted by Gasteiger charge is 2.03. The third-order valence-corrected chi connectivity index (χ3v) is 4.32. The van der Waals surface area contributed by atoms with Crippen molar-refractivity contribution in [1.29, 1.82) is 0 Å². The fourth-order valence-corrected chi connectivity index (χ4v) is 2.84. The molecule has 0 aliphatic heterocycles. The van der Waals surface area contributed by atoms with Gasteiger partial charge in [-0.2, -0.15) is 0 Å². The van der Waals surface area contributed by atoms with E-state index in [1.807, 2.05) is 0 Å². The van der Waals surface area contributed by atoms with Gasteiger partial charge in [0.2, 0.25) is 0 Å². The summed E-state index contributed by atoms with van der Waals surface area (Å²) in [5, 5.41) is 18.5. The minimum Gasteiger partial charge on any atom is -0.481 e. The Bertz CT molecular complexity index is 241. The SMILES string of the molecule is CCCCCCCCCC(O)CCCCCCCCC(=O)O. The molecule has 0 aliphatic carbocycles. The van der Waals surface area contributed by atoms with Gasteiger partial charge in [-0.25, -0.2) is 0 Å². The molecule has 2 N–H and O–H groups in total. The van der Waals surface area contributed by atoms with Gasteiger partial charge in [0.1, 0.15) is 0 Å². The van der Waals surface area contributed by atoms with Crippen molar-refractivity contribution in [3.8, 4) is 0 Å². The van der Waals surface area contributed by atoms with Gasteiger partial charge in [-0.05, 0) is 19.3 Å². The molecule has 0 saturated heterocycles. The quantitative estimate of drug-likeness (QED) is 0.339. The van der Waals surface area contributed by atoms with E-state index in [2.05, 4.69) is 6.92 Å². The molecule has 0 rings (SSSR count). The van der Waals surface area contributed by atoms with E-state index < -0.39 is 5.97 Å². The van der Waals surface area contributed by atoms with E-state index in [0.717, 1.165) is 38.5 Å². The van der Waals surface area contributed by atoms with Gasteiger partial charge in [-0.3, -0.25) is 4.79 Å². The second-order valence-corrected chi connectivity index (χ2v) is 6.62. The molecule has 0 aromatic heterocycles. The van der Waals surface area contributed by atoms with Gasteiger partial charge < -0.3 is 10.2 Å². The van der Waals surface area contributed by atoms with Crippen LogP contribution in [0.1, 0.15) is 110 Å². The summed E-state index contributed by atoms with van der Waals surface area (Å²) in [7, 11) is 0. The molecule has 3 nitrogen and oxygen atoms in total. The van der Waals surface area contributed by atoms with Crippen LogP contribution in [0.5, 0.6) is 0 Å². The van der Waals surface area contributed by atoms with Crippen LogP contribution in [0, 0.1) is 0 Å². The first kappa shape index (κ1) is 21.4. The average molecular weight is 315 g/mol. The molecule has 3 heteroatoms. The third kappa shape index (κ3) is 17.5. The first-order chi connectivity index (χ1) is 10.7. The average Bonchev–Trinajstić information content (AvgIpc) is 2.48. The Kier molecular flexibility index (Phi) is 16.4. The van der Waals surface area contributed by atoms with Crippen molar-refractivity contribution in [2.75, 3.05) is 0 Å². The molecule has 0 heterocycles. The lowest BCUT2D eigenvalue weighted by atomic mass is 10.0. The van der Waals surface area contributed by atoms with Gasteiger partial charge in [0.05, 0.1) is 6.10 Å². The minimum atomic E-state index is -0.687. The van der Waals surface area contributed by atoms with Crippen LogP contribution in [0.2, 0.25) is 0 Å². The molecule has 132 valence electrons. The summed E-state index contributed by atoms with van der Waals surface area (Å²) in [6.07, 6.45) is 17.6. The molecule has 0 spiro atoms. The third-order valence-electron chi connectivity index (χ3n) is 4.32. The summed E-state index contributed by atoms with van der Waals surface area (Å²) in [6.45, 7) is 2.24. The van der Waals surface area contributed by atoms with Crippen LogP contribution in [0.4, 0.5) is 0 Å². The van der Waals surface area contributed by atoms with Crippen molar-refractivity contribution < 1.29 is 15.0 Å². The van der Waals surface area contributed by atoms with Crippen molar-refractivity contribution in [3.63, 3.8) is 0 Å². The molecule has 0 saturated carbocycles. The van der Waals surface area contributed by atoms with E-state index in [4.69, 9.17) is 5.11 Å². The molecule has 0 aromatic rings. The van der Waals surface area contributed by atoms with Crippen LogP contribution in [-0.4, -0.2) is 22.3 Å². The molecule has 0 fully saturated rings. The summed E-state index contributed by atoms with van der Waals surface area (Å²) in [5.74, 6) is -0.687. The Labute approximate surface area is 137 Å². The zero-order chi connectivity index (χ0) is 16.5. The number of aliphatic hydroxyl groups is 1. The predicted molar refractivity (Wildman–Crippen MR) is 93.2 cm³/mol. The highest BCUT2D eigenvalue weighted by atomic mass is 16.4. The number of aliphatic hydroxyl groups excluding tert-OH is 1. The molecule has 0 aromatic carbocycles. The lowest BCUT2D eigenvalue weighted by Gasteiger charge is -2.10. The minimum absolute atomic E-state index is 0.109. The standard InChI is InChI=1S/C19H38O3/c1-2-3-4-5-6-9-12-15-18(20)16-13-10-7-8-11-14-17-19(21)22/h18,20H,2-17H2,1H3,(H,21,22).